The van der Waals surface area contributed by atoms with E-state index in [1.165, 1.54) is 18.2 Å². The van der Waals surface area contributed by atoms with Crippen molar-refractivity contribution in [3.05, 3.63) is 28.5 Å². The molecule has 0 fully saturated rings. The van der Waals surface area contributed by atoms with E-state index in [0.29, 0.717) is 23.4 Å². The molecule has 0 saturated carbocycles. The molecule has 0 atom stereocenters. The predicted molar refractivity (Wildman–Crippen MR) is 64.5 cm³/mol. The monoisotopic (exact) mass is 305 g/mol. The minimum absolute atomic E-state index is 0.117. The number of benzene rings is 1. The lowest BCUT2D eigenvalue weighted by Gasteiger charge is -2.08. The van der Waals surface area contributed by atoms with Gasteiger partial charge in [-0.3, -0.25) is 4.79 Å². The molecule has 0 aromatic heterocycles. The van der Waals surface area contributed by atoms with Crippen LogP contribution in [-0.4, -0.2) is 32.8 Å². The second-order valence-corrected chi connectivity index (χ2v) is 4.06. The highest BCUT2D eigenvalue weighted by Crippen LogP contribution is 2.25. The van der Waals surface area contributed by atoms with E-state index in [0.717, 1.165) is 0 Å². The van der Waals surface area contributed by atoms with E-state index >= 15 is 0 Å². The normalized spacial score (nSPS) is 10.1. The highest BCUT2D eigenvalue weighted by Gasteiger charge is 2.05. The molecule has 0 unspecified atom stereocenters. The number of methoxy groups -OCH3 is 1. The SMILES string of the molecule is COCCNC(=O)COc1ccc(F)cc1Br. The van der Waals surface area contributed by atoms with Crippen LogP contribution in [0.3, 0.4) is 0 Å². The Hall–Kier alpha value is -1.14. The van der Waals surface area contributed by atoms with Gasteiger partial charge >= 0.3 is 0 Å². The van der Waals surface area contributed by atoms with Crippen LogP contribution in [0.4, 0.5) is 4.39 Å². The lowest BCUT2D eigenvalue weighted by molar-refractivity contribution is -0.123. The third-order valence-electron chi connectivity index (χ3n) is 1.88. The Kier molecular flexibility index (Phi) is 5.93. The third-order valence-corrected chi connectivity index (χ3v) is 2.50. The van der Waals surface area contributed by atoms with Crippen molar-refractivity contribution in [2.24, 2.45) is 0 Å². The molecule has 1 N–H and O–H groups in total. The fourth-order valence-corrected chi connectivity index (χ4v) is 1.54. The number of hydrogen-bond acceptors (Lipinski definition) is 3. The molecule has 0 spiro atoms. The van der Waals surface area contributed by atoms with Gasteiger partial charge in [0.1, 0.15) is 11.6 Å². The van der Waals surface area contributed by atoms with E-state index in [-0.39, 0.29) is 18.3 Å². The molecule has 1 aromatic carbocycles. The fourth-order valence-electron chi connectivity index (χ4n) is 1.08. The number of hydrogen-bond donors (Lipinski definition) is 1. The summed E-state index contributed by atoms with van der Waals surface area (Å²) < 4.78 is 23.2. The lowest BCUT2D eigenvalue weighted by Crippen LogP contribution is -2.31. The molecule has 1 aromatic rings. The number of ether oxygens (including phenoxy) is 2. The van der Waals surface area contributed by atoms with Crippen LogP contribution in [0.1, 0.15) is 0 Å². The Balaban J connectivity index is 2.37. The molecule has 1 rings (SSSR count). The number of carbonyl (C=O) groups excluding carboxylic acids is 1. The van der Waals surface area contributed by atoms with E-state index in [1.807, 2.05) is 0 Å². The van der Waals surface area contributed by atoms with E-state index in [2.05, 4.69) is 21.2 Å². The summed E-state index contributed by atoms with van der Waals surface area (Å²) in [6.45, 7) is 0.767. The maximum absolute atomic E-state index is 12.8. The summed E-state index contributed by atoms with van der Waals surface area (Å²) in [7, 11) is 1.55. The topological polar surface area (TPSA) is 47.6 Å². The Morgan fingerprint density at radius 2 is 2.29 bits per heavy atom. The Morgan fingerprint density at radius 3 is 2.94 bits per heavy atom. The van der Waals surface area contributed by atoms with Crippen molar-refractivity contribution in [2.45, 2.75) is 0 Å². The van der Waals surface area contributed by atoms with E-state index < -0.39 is 0 Å². The van der Waals surface area contributed by atoms with Gasteiger partial charge in [0.05, 0.1) is 11.1 Å². The van der Waals surface area contributed by atoms with E-state index in [1.54, 1.807) is 7.11 Å². The molecule has 0 radical (unpaired) electrons. The van der Waals surface area contributed by atoms with Crippen LogP contribution in [0.2, 0.25) is 0 Å². The predicted octanol–water partition coefficient (Wildman–Crippen LogP) is 1.73. The van der Waals surface area contributed by atoms with Crippen LogP contribution >= 0.6 is 15.9 Å². The first-order valence-corrected chi connectivity index (χ1v) is 5.76. The summed E-state index contributed by atoms with van der Waals surface area (Å²) in [5.41, 5.74) is 0. The molecule has 6 heteroatoms. The second kappa shape index (κ2) is 7.24. The number of nitrogens with one attached hydrogen (secondary N) is 1. The summed E-state index contributed by atoms with van der Waals surface area (Å²) in [5.74, 6) is -0.194. The minimum Gasteiger partial charge on any atom is -0.483 e. The second-order valence-electron chi connectivity index (χ2n) is 3.21. The summed E-state index contributed by atoms with van der Waals surface area (Å²) in [4.78, 5) is 11.3. The van der Waals surface area contributed by atoms with Crippen LogP contribution < -0.4 is 10.1 Å². The van der Waals surface area contributed by atoms with Gasteiger partial charge in [-0.25, -0.2) is 4.39 Å². The standard InChI is InChI=1S/C11H13BrFNO3/c1-16-5-4-14-11(15)7-17-10-3-2-8(13)6-9(10)12/h2-3,6H,4-5,7H2,1H3,(H,14,15). The van der Waals surface area contributed by atoms with Crippen molar-refractivity contribution in [3.8, 4) is 5.75 Å². The van der Waals surface area contributed by atoms with Gasteiger partial charge in [0.25, 0.3) is 5.91 Å². The molecule has 0 aliphatic rings. The Bertz CT molecular complexity index is 387. The van der Waals surface area contributed by atoms with Gasteiger partial charge in [0.2, 0.25) is 0 Å². The van der Waals surface area contributed by atoms with Crippen molar-refractivity contribution in [2.75, 3.05) is 26.9 Å². The summed E-state index contributed by atoms with van der Waals surface area (Å²) >= 11 is 3.14. The smallest absolute Gasteiger partial charge is 0.258 e. The van der Waals surface area contributed by atoms with Gasteiger partial charge in [-0.05, 0) is 34.1 Å². The number of amides is 1. The maximum atomic E-state index is 12.8. The molecular weight excluding hydrogens is 293 g/mol. The molecule has 0 heterocycles. The van der Waals surface area contributed by atoms with Crippen molar-refractivity contribution < 1.29 is 18.7 Å². The van der Waals surface area contributed by atoms with Gasteiger partial charge in [0, 0.05) is 13.7 Å². The number of halogens is 2. The van der Waals surface area contributed by atoms with Crippen LogP contribution in [0.15, 0.2) is 22.7 Å². The molecule has 17 heavy (non-hydrogen) atoms. The average molecular weight is 306 g/mol. The molecule has 0 aliphatic heterocycles. The summed E-state index contributed by atoms with van der Waals surface area (Å²) in [6, 6.07) is 4.00. The maximum Gasteiger partial charge on any atom is 0.258 e. The Morgan fingerprint density at radius 1 is 1.53 bits per heavy atom. The van der Waals surface area contributed by atoms with E-state index in [4.69, 9.17) is 9.47 Å². The van der Waals surface area contributed by atoms with Crippen LogP contribution in [0.5, 0.6) is 5.75 Å². The van der Waals surface area contributed by atoms with Gasteiger partial charge < -0.3 is 14.8 Å². The first kappa shape index (κ1) is 13.9. The van der Waals surface area contributed by atoms with Gasteiger partial charge in [-0.1, -0.05) is 0 Å². The first-order chi connectivity index (χ1) is 8.13. The molecule has 0 aliphatic carbocycles. The third kappa shape index (κ3) is 5.14. The highest BCUT2D eigenvalue weighted by atomic mass is 79.9. The van der Waals surface area contributed by atoms with Crippen LogP contribution in [-0.2, 0) is 9.53 Å². The van der Waals surface area contributed by atoms with Crippen molar-refractivity contribution in [1.82, 2.24) is 5.32 Å². The van der Waals surface area contributed by atoms with Crippen LogP contribution in [0.25, 0.3) is 0 Å². The van der Waals surface area contributed by atoms with Crippen molar-refractivity contribution in [3.63, 3.8) is 0 Å². The number of rotatable bonds is 6. The first-order valence-electron chi connectivity index (χ1n) is 4.97. The highest BCUT2D eigenvalue weighted by molar-refractivity contribution is 9.10. The average Bonchev–Trinajstić information content (AvgIpc) is 2.28. The lowest BCUT2D eigenvalue weighted by atomic mass is 10.3. The largest absolute Gasteiger partial charge is 0.483 e. The molecule has 4 nitrogen and oxygen atoms in total. The molecule has 0 bridgehead atoms. The zero-order valence-electron chi connectivity index (χ0n) is 9.33. The summed E-state index contributed by atoms with van der Waals surface area (Å²) in [5, 5.41) is 2.61. The van der Waals surface area contributed by atoms with Gasteiger partial charge in [-0.2, -0.15) is 0 Å². The molecule has 1 amide bonds. The zero-order chi connectivity index (χ0) is 12.7. The fraction of sp³-hybridized carbons (Fsp3) is 0.364. The van der Waals surface area contributed by atoms with Crippen LogP contribution in [0, 0.1) is 5.82 Å². The zero-order valence-corrected chi connectivity index (χ0v) is 10.9. The van der Waals surface area contributed by atoms with Crippen molar-refractivity contribution >= 4 is 21.8 Å². The number of carbonyl (C=O) groups is 1. The Labute approximate surface area is 107 Å². The van der Waals surface area contributed by atoms with E-state index in [9.17, 15) is 9.18 Å². The quantitative estimate of drug-likeness (QED) is 0.814. The van der Waals surface area contributed by atoms with Crippen molar-refractivity contribution in [1.29, 1.82) is 0 Å². The van der Waals surface area contributed by atoms with Gasteiger partial charge in [-0.15, -0.1) is 0 Å². The van der Waals surface area contributed by atoms with Gasteiger partial charge in [0.15, 0.2) is 6.61 Å². The molecular formula is C11H13BrFNO3. The molecule has 94 valence electrons. The summed E-state index contributed by atoms with van der Waals surface area (Å²) in [6.07, 6.45) is 0. The molecule has 0 saturated heterocycles. The minimum atomic E-state index is -0.367.